The summed E-state index contributed by atoms with van der Waals surface area (Å²) in [5.74, 6) is 1.54. The fourth-order valence-electron chi connectivity index (χ4n) is 16.5. The van der Waals surface area contributed by atoms with Crippen LogP contribution in [0.3, 0.4) is 0 Å². The molecule has 6 fully saturated rings. The summed E-state index contributed by atoms with van der Waals surface area (Å²) in [6.07, 6.45) is 10.8. The van der Waals surface area contributed by atoms with Gasteiger partial charge in [0.1, 0.15) is 24.0 Å². The van der Waals surface area contributed by atoms with Crippen molar-refractivity contribution in [1.82, 2.24) is 29.5 Å². The van der Waals surface area contributed by atoms with Gasteiger partial charge < -0.3 is 53.4 Å². The van der Waals surface area contributed by atoms with Crippen molar-refractivity contribution in [2.75, 3.05) is 112 Å². The number of piperazine rings is 1. The number of aromatic nitrogens is 3. The number of pyridine rings is 2. The molecule has 1 saturated carbocycles. The van der Waals surface area contributed by atoms with Gasteiger partial charge in [0.05, 0.1) is 65.6 Å². The number of nitrogens with zero attached hydrogens (tertiary/aromatic N) is 8. The fraction of sp³-hybridized carbons (Fsp3) is 0.544. The first-order valence-electron chi connectivity index (χ1n) is 32.8. The molecule has 6 atom stereocenters. The zero-order chi connectivity index (χ0) is 62.5. The SMILES string of the molecule is Cc1ccccc1[C@@H]1CN(C(C)c2cnc(N3CCOC[C@@H]3C)c3c2C(C)(C)CCO3)CCN1C1CC2(CCN(c3ccc(C(=O)NS(=O)(=O)c4cc5c(c([N+](=O)[O-])c4)N[C@H](C4CCOCC4)CO5)c(N4c5cc6cc[nH]c6nc5O[C@H]5COCC[C@@H]54)c3)CC2)C1. The van der Waals surface area contributed by atoms with Crippen molar-refractivity contribution in [2.45, 2.75) is 139 Å². The number of aromatic amines is 1. The lowest BCUT2D eigenvalue weighted by molar-refractivity contribution is -0.384. The van der Waals surface area contributed by atoms with Crippen molar-refractivity contribution in [3.05, 3.63) is 117 Å². The lowest BCUT2D eigenvalue weighted by Gasteiger charge is -2.58. The van der Waals surface area contributed by atoms with E-state index >= 15 is 4.79 Å². The second-order valence-electron chi connectivity index (χ2n) is 27.6. The third-order valence-corrected chi connectivity index (χ3v) is 23.1. The summed E-state index contributed by atoms with van der Waals surface area (Å²) in [6, 6.07) is 21.2. The van der Waals surface area contributed by atoms with Crippen LogP contribution >= 0.6 is 0 Å². The molecule has 23 heteroatoms. The third kappa shape index (κ3) is 11.0. The number of carbonyl (C=O) groups is 1. The van der Waals surface area contributed by atoms with Gasteiger partial charge in [0.15, 0.2) is 23.0 Å². The molecule has 0 bridgehead atoms. The van der Waals surface area contributed by atoms with Gasteiger partial charge in [0.25, 0.3) is 21.6 Å². The number of rotatable bonds is 12. The van der Waals surface area contributed by atoms with E-state index in [0.717, 1.165) is 113 Å². The number of benzene rings is 3. The number of hydrogen-bond donors (Lipinski definition) is 3. The topological polar surface area (TPSA) is 232 Å². The number of nitro groups is 1. The molecule has 1 spiro atoms. The summed E-state index contributed by atoms with van der Waals surface area (Å²) in [7, 11) is -4.72. The number of aryl methyl sites for hydroxylation is 1. The predicted molar refractivity (Wildman–Crippen MR) is 345 cm³/mol. The van der Waals surface area contributed by atoms with Gasteiger partial charge in [-0.3, -0.25) is 24.7 Å². The number of fused-ring (bicyclic) bond motifs is 5. The minimum atomic E-state index is -4.72. The number of H-pyrrole nitrogens is 1. The van der Waals surface area contributed by atoms with Crippen molar-refractivity contribution >= 4 is 61.2 Å². The van der Waals surface area contributed by atoms with Gasteiger partial charge in [-0.25, -0.2) is 18.1 Å². The molecule has 5 saturated heterocycles. The van der Waals surface area contributed by atoms with Crippen LogP contribution in [0.5, 0.6) is 17.4 Å². The Kier molecular flexibility index (Phi) is 15.6. The van der Waals surface area contributed by atoms with E-state index in [-0.39, 0.29) is 77.2 Å². The standard InChI is InChI=1S/C68H83N11O11S/c1-41-8-6-7-9-49(41)57-37-75(43(3)51-36-70-64(76-24-29-87-38-42(76)2)62-60(51)67(4,5)18-28-88-62)22-23-77(57)47-34-68(35-47)16-20-74(21-17-68)46-10-11-50(54(31-46)78-53-15-27-86-40-59(53)90-66-56(78)30-45-12-19-69-63(45)72-66)65(80)73-91(83,84)48-32-55(79(81)82)61-58(33-48)89-39-52(71-61)44-13-25-85-26-14-44/h6-12,19,30-33,36,42-44,47,52-53,57,59,71H,13-18,20-29,34-35,37-40H2,1-5H3,(H,69,72)(H,73,80)/t42-,43?,52-,53-,57-,59-/m0/s1. The highest BCUT2D eigenvalue weighted by atomic mass is 32.2. The summed E-state index contributed by atoms with van der Waals surface area (Å²) in [6.45, 7) is 20.9. The number of piperidine rings is 1. The van der Waals surface area contributed by atoms with Crippen LogP contribution in [0.25, 0.3) is 11.0 Å². The molecule has 9 aliphatic rings. The van der Waals surface area contributed by atoms with Crippen molar-refractivity contribution in [3.8, 4) is 17.4 Å². The van der Waals surface area contributed by atoms with Gasteiger partial charge >= 0.3 is 0 Å². The number of sulfonamides is 1. The van der Waals surface area contributed by atoms with Crippen LogP contribution in [0.2, 0.25) is 0 Å². The summed E-state index contributed by atoms with van der Waals surface area (Å²) in [5.41, 5.74) is 7.77. The highest BCUT2D eigenvalue weighted by Gasteiger charge is 2.51. The fourth-order valence-corrected chi connectivity index (χ4v) is 17.5. The van der Waals surface area contributed by atoms with Crippen LogP contribution in [-0.4, -0.2) is 166 Å². The summed E-state index contributed by atoms with van der Waals surface area (Å²) < 4.78 is 68.1. The van der Waals surface area contributed by atoms with Crippen LogP contribution in [0, 0.1) is 28.4 Å². The van der Waals surface area contributed by atoms with Gasteiger partial charge in [-0.1, -0.05) is 38.1 Å². The van der Waals surface area contributed by atoms with Crippen molar-refractivity contribution in [1.29, 1.82) is 0 Å². The Labute approximate surface area is 531 Å². The molecule has 3 aromatic heterocycles. The van der Waals surface area contributed by atoms with E-state index in [1.807, 2.05) is 30.5 Å². The molecular weight excluding hydrogens is 1180 g/mol. The Morgan fingerprint density at radius 2 is 1.67 bits per heavy atom. The number of ether oxygens (including phenoxy) is 6. The molecular formula is C68H83N11O11S. The zero-order valence-electron chi connectivity index (χ0n) is 52.7. The van der Waals surface area contributed by atoms with E-state index in [0.29, 0.717) is 75.0 Å². The first-order chi connectivity index (χ1) is 44.0. The smallest absolute Gasteiger partial charge is 0.297 e. The maximum atomic E-state index is 15.0. The van der Waals surface area contributed by atoms with Gasteiger partial charge in [-0.05, 0) is 136 Å². The number of carbonyl (C=O) groups excluding carboxylic acids is 1. The van der Waals surface area contributed by atoms with Crippen LogP contribution in [0.4, 0.5) is 34.3 Å². The van der Waals surface area contributed by atoms with Crippen LogP contribution in [-0.2, 0) is 29.6 Å². The molecule has 3 aromatic carbocycles. The number of morpholine rings is 1. The third-order valence-electron chi connectivity index (χ3n) is 21.8. The van der Waals surface area contributed by atoms with E-state index in [2.05, 4.69) is 105 Å². The van der Waals surface area contributed by atoms with Gasteiger partial charge in [-0.2, -0.15) is 4.98 Å². The Morgan fingerprint density at radius 1 is 0.868 bits per heavy atom. The maximum absolute atomic E-state index is 15.0. The number of hydrogen-bond acceptors (Lipinski definition) is 19. The molecule has 3 N–H and O–H groups in total. The molecule has 482 valence electrons. The van der Waals surface area contributed by atoms with E-state index in [9.17, 15) is 18.5 Å². The average Bonchev–Trinajstić information content (AvgIpc) is 1.05. The van der Waals surface area contributed by atoms with Gasteiger partial charge in [-0.15, -0.1) is 0 Å². The van der Waals surface area contributed by atoms with Crippen LogP contribution < -0.4 is 38.9 Å². The summed E-state index contributed by atoms with van der Waals surface area (Å²) in [5, 5.41) is 16.8. The predicted octanol–water partition coefficient (Wildman–Crippen LogP) is 9.74. The van der Waals surface area contributed by atoms with E-state index in [1.165, 1.54) is 28.3 Å². The van der Waals surface area contributed by atoms with E-state index in [1.54, 1.807) is 6.07 Å². The van der Waals surface area contributed by atoms with Gasteiger partial charge in [0.2, 0.25) is 5.88 Å². The minimum absolute atomic E-state index is 0.0264. The second kappa shape index (κ2) is 23.7. The molecule has 6 aromatic rings. The first-order valence-corrected chi connectivity index (χ1v) is 34.3. The number of anilines is 5. The molecule has 1 aliphatic carbocycles. The molecule has 1 amide bonds. The van der Waals surface area contributed by atoms with Crippen LogP contribution in [0.1, 0.15) is 124 Å². The number of amides is 1. The number of nitrogens with one attached hydrogen (secondary N) is 3. The van der Waals surface area contributed by atoms with Crippen molar-refractivity contribution in [2.24, 2.45) is 11.3 Å². The first kappa shape index (κ1) is 60.0. The van der Waals surface area contributed by atoms with E-state index in [4.69, 9.17) is 38.4 Å². The molecule has 11 heterocycles. The van der Waals surface area contributed by atoms with Crippen molar-refractivity contribution < 1.29 is 46.6 Å². The van der Waals surface area contributed by atoms with Crippen LogP contribution in [0.15, 0.2) is 84.0 Å². The normalized spacial score (nSPS) is 25.5. The lowest BCUT2D eigenvalue weighted by Crippen LogP contribution is -2.60. The highest BCUT2D eigenvalue weighted by molar-refractivity contribution is 7.90. The van der Waals surface area contributed by atoms with Crippen molar-refractivity contribution in [3.63, 3.8) is 0 Å². The Hall–Kier alpha value is -7.28. The summed E-state index contributed by atoms with van der Waals surface area (Å²) >= 11 is 0. The largest absolute Gasteiger partial charge is 0.489 e. The van der Waals surface area contributed by atoms with E-state index < -0.39 is 37.5 Å². The van der Waals surface area contributed by atoms with Gasteiger partial charge in [0, 0.05) is 118 Å². The molecule has 1 unspecified atom stereocenters. The molecule has 91 heavy (non-hydrogen) atoms. The quantitative estimate of drug-likeness (QED) is 0.0764. The lowest BCUT2D eigenvalue weighted by atomic mass is 9.59. The summed E-state index contributed by atoms with van der Waals surface area (Å²) in [4.78, 5) is 52.3. The second-order valence-corrected chi connectivity index (χ2v) is 29.3. The monoisotopic (exact) mass is 1260 g/mol. The zero-order valence-corrected chi connectivity index (χ0v) is 53.5. The average molecular weight is 1260 g/mol. The Morgan fingerprint density at radius 3 is 2.47 bits per heavy atom. The maximum Gasteiger partial charge on any atom is 0.297 e. The minimum Gasteiger partial charge on any atom is -0.489 e. The molecule has 15 rings (SSSR count). The Bertz CT molecular complexity index is 3900. The number of nitro benzene ring substituents is 1. The molecule has 8 aliphatic heterocycles. The molecule has 0 radical (unpaired) electrons. The highest BCUT2D eigenvalue weighted by Crippen LogP contribution is 2.55. The molecule has 22 nitrogen and oxygen atoms in total. The Balaban J connectivity index is 0.689.